The van der Waals surface area contributed by atoms with Gasteiger partial charge in [-0.05, 0) is 49.2 Å². The molecule has 2 aromatic heterocycles. The van der Waals surface area contributed by atoms with Gasteiger partial charge in [0.15, 0.2) is 0 Å². The number of aromatic nitrogens is 2. The number of nitrogens with zero attached hydrogens (tertiary/aromatic N) is 4. The average molecular weight is 727 g/mol. The highest BCUT2D eigenvalue weighted by atomic mass is 19.4. The lowest BCUT2D eigenvalue weighted by Crippen LogP contribution is -2.38. The number of carboxylic acids is 3. The first-order valence-electron chi connectivity index (χ1n) is 13.8. The summed E-state index contributed by atoms with van der Waals surface area (Å²) in [7, 11) is 0. The van der Waals surface area contributed by atoms with Crippen LogP contribution in [0.3, 0.4) is 0 Å². The number of carboxylic acid groups (broad SMARTS) is 3. The fourth-order valence-corrected chi connectivity index (χ4v) is 4.77. The van der Waals surface area contributed by atoms with E-state index in [-0.39, 0.29) is 11.3 Å². The first-order valence-corrected chi connectivity index (χ1v) is 13.8. The number of carbonyl (C=O) groups excluding carboxylic acids is 1. The first kappa shape index (κ1) is 40.7. The second kappa shape index (κ2) is 16.3. The molecule has 1 unspecified atom stereocenters. The van der Waals surface area contributed by atoms with E-state index in [2.05, 4.69) is 22.0 Å². The van der Waals surface area contributed by atoms with Crippen LogP contribution in [0.4, 0.5) is 45.2 Å². The van der Waals surface area contributed by atoms with E-state index in [9.17, 15) is 44.3 Å². The maximum atomic E-state index is 13.1. The number of halogens is 9. The van der Waals surface area contributed by atoms with E-state index in [4.69, 9.17) is 34.7 Å². The molecule has 272 valence electrons. The fraction of sp³-hybridized carbons (Fsp3) is 0.333. The number of aryl methyl sites for hydroxylation is 1. The number of carbonyl (C=O) groups is 4. The summed E-state index contributed by atoms with van der Waals surface area (Å²) in [6.07, 6.45) is -8.71. The van der Waals surface area contributed by atoms with Gasteiger partial charge < -0.3 is 25.1 Å². The van der Waals surface area contributed by atoms with E-state index in [1.54, 1.807) is 6.20 Å². The molecule has 1 aromatic carbocycles. The van der Waals surface area contributed by atoms with Crippen LogP contribution in [0.5, 0.6) is 0 Å². The highest BCUT2D eigenvalue weighted by molar-refractivity contribution is 5.94. The maximum Gasteiger partial charge on any atom is 0.490 e. The van der Waals surface area contributed by atoms with Crippen LogP contribution in [0.25, 0.3) is 0 Å². The fourth-order valence-electron chi connectivity index (χ4n) is 4.77. The van der Waals surface area contributed by atoms with E-state index >= 15 is 0 Å². The molecular weight excluding hydrogens is 699 g/mol. The molecule has 0 radical (unpaired) electrons. The van der Waals surface area contributed by atoms with E-state index in [0.29, 0.717) is 6.54 Å². The van der Waals surface area contributed by atoms with E-state index < -0.39 is 36.4 Å². The smallest absolute Gasteiger partial charge is 0.475 e. The molecule has 4 heterocycles. The van der Waals surface area contributed by atoms with Gasteiger partial charge >= 0.3 is 36.4 Å². The van der Waals surface area contributed by atoms with Gasteiger partial charge in [-0.15, -0.1) is 0 Å². The number of anilines is 1. The second-order valence-corrected chi connectivity index (χ2v) is 10.6. The van der Waals surface area contributed by atoms with Gasteiger partial charge in [0, 0.05) is 50.3 Å². The van der Waals surface area contributed by atoms with Gasteiger partial charge in [-0.25, -0.2) is 14.4 Å². The molecule has 5 rings (SSSR count). The van der Waals surface area contributed by atoms with Gasteiger partial charge in [0.05, 0.1) is 16.8 Å². The van der Waals surface area contributed by atoms with Crippen LogP contribution in [0.15, 0.2) is 67.1 Å². The van der Waals surface area contributed by atoms with Gasteiger partial charge in [-0.2, -0.15) is 39.5 Å². The highest BCUT2D eigenvalue weighted by Gasteiger charge is 2.49. The summed E-state index contributed by atoms with van der Waals surface area (Å²) in [4.78, 5) is 53.2. The van der Waals surface area contributed by atoms with Gasteiger partial charge in [-0.3, -0.25) is 14.8 Å². The lowest BCUT2D eigenvalue weighted by Gasteiger charge is -2.26. The van der Waals surface area contributed by atoms with Crippen molar-refractivity contribution >= 4 is 29.5 Å². The van der Waals surface area contributed by atoms with E-state index in [0.717, 1.165) is 42.9 Å². The Morgan fingerprint density at radius 1 is 0.780 bits per heavy atom. The van der Waals surface area contributed by atoms with Gasteiger partial charge in [0.2, 0.25) is 0 Å². The topological polar surface area (TPSA) is 161 Å². The van der Waals surface area contributed by atoms with Crippen molar-refractivity contribution < 1.29 is 74.0 Å². The van der Waals surface area contributed by atoms with E-state index in [1.165, 1.54) is 11.3 Å². The van der Waals surface area contributed by atoms with Crippen LogP contribution in [-0.2, 0) is 26.3 Å². The zero-order valence-electron chi connectivity index (χ0n) is 25.6. The Labute approximate surface area is 276 Å². The minimum absolute atomic E-state index is 0.0989. The monoisotopic (exact) mass is 726 g/mol. The standard InChI is InChI=1S/C24H24N4O.3C2HF3O2/c1-18-5-2-7-20(13-18)23(29)27-12-9-24(16-27)17-28(15-19-6-3-10-25-14-19)21-8-4-11-26-22(21)24;3*3-2(4,5)1(6)7/h2-8,10-11,13-14H,9,12,15-17H2,1H3;3*(H,6,7). The number of hydrogen-bond donors (Lipinski definition) is 3. The molecule has 0 aliphatic carbocycles. The van der Waals surface area contributed by atoms with Gasteiger partial charge in [0.1, 0.15) is 0 Å². The number of amides is 1. The number of hydrogen-bond acceptors (Lipinski definition) is 7. The SMILES string of the molecule is Cc1cccc(C(=O)N2CCC3(C2)CN(Cc2cccnc2)c2cccnc23)c1.O=C(O)C(F)(F)F.O=C(O)C(F)(F)F.O=C(O)C(F)(F)F. The number of benzene rings is 1. The molecule has 1 spiro atoms. The Balaban J connectivity index is 0.000000338. The molecule has 1 fully saturated rings. The summed E-state index contributed by atoms with van der Waals surface area (Å²) in [6.45, 7) is 5.19. The van der Waals surface area contributed by atoms with Crippen molar-refractivity contribution in [1.29, 1.82) is 0 Å². The Bertz CT molecular complexity index is 1590. The Morgan fingerprint density at radius 2 is 1.32 bits per heavy atom. The Kier molecular flexibility index (Phi) is 13.3. The third-order valence-corrected chi connectivity index (χ3v) is 6.85. The summed E-state index contributed by atoms with van der Waals surface area (Å²) >= 11 is 0. The minimum Gasteiger partial charge on any atom is -0.475 e. The number of likely N-dealkylation sites (tertiary alicyclic amines) is 1. The maximum absolute atomic E-state index is 13.1. The zero-order valence-corrected chi connectivity index (χ0v) is 25.6. The van der Waals surface area contributed by atoms with Crippen molar-refractivity contribution in [3.8, 4) is 0 Å². The van der Waals surface area contributed by atoms with Crippen molar-refractivity contribution in [2.45, 2.75) is 43.8 Å². The lowest BCUT2D eigenvalue weighted by molar-refractivity contribution is -0.193. The second-order valence-electron chi connectivity index (χ2n) is 10.6. The first-order chi connectivity index (χ1) is 23.0. The van der Waals surface area contributed by atoms with Crippen molar-refractivity contribution in [1.82, 2.24) is 14.9 Å². The predicted molar refractivity (Wildman–Crippen MR) is 154 cm³/mol. The molecule has 11 nitrogen and oxygen atoms in total. The van der Waals surface area contributed by atoms with Crippen molar-refractivity contribution in [3.05, 3.63) is 89.5 Å². The Morgan fingerprint density at radius 3 is 1.80 bits per heavy atom. The zero-order chi connectivity index (χ0) is 38.1. The normalized spacial score (nSPS) is 16.5. The van der Waals surface area contributed by atoms with Crippen LogP contribution in [-0.4, -0.2) is 92.2 Å². The lowest BCUT2D eigenvalue weighted by atomic mass is 9.85. The Hall–Kier alpha value is -5.43. The predicted octanol–water partition coefficient (Wildman–Crippen LogP) is 5.49. The summed E-state index contributed by atoms with van der Waals surface area (Å²) in [5.41, 5.74) is 5.28. The number of alkyl halides is 9. The number of pyridine rings is 2. The third-order valence-electron chi connectivity index (χ3n) is 6.85. The molecule has 1 amide bonds. The quantitative estimate of drug-likeness (QED) is 0.295. The van der Waals surface area contributed by atoms with Gasteiger partial charge in [-0.1, -0.05) is 23.8 Å². The van der Waals surface area contributed by atoms with Crippen LogP contribution >= 0.6 is 0 Å². The van der Waals surface area contributed by atoms with Crippen LogP contribution < -0.4 is 4.90 Å². The molecular formula is C30H27F9N4O7. The number of fused-ring (bicyclic) bond motifs is 2. The van der Waals surface area contributed by atoms with Gasteiger partial charge in [0.25, 0.3) is 5.91 Å². The average Bonchev–Trinajstić information content (AvgIpc) is 3.58. The molecule has 3 N–H and O–H groups in total. The summed E-state index contributed by atoms with van der Waals surface area (Å²) in [6, 6.07) is 16.1. The molecule has 2 aliphatic heterocycles. The van der Waals surface area contributed by atoms with Crippen LogP contribution in [0.2, 0.25) is 0 Å². The molecule has 20 heteroatoms. The van der Waals surface area contributed by atoms with Crippen LogP contribution in [0, 0.1) is 6.92 Å². The molecule has 1 atom stereocenters. The largest absolute Gasteiger partial charge is 0.490 e. The minimum atomic E-state index is -5.08. The van der Waals surface area contributed by atoms with Crippen LogP contribution in [0.1, 0.15) is 33.6 Å². The highest BCUT2D eigenvalue weighted by Crippen LogP contribution is 2.45. The molecule has 3 aromatic rings. The van der Waals surface area contributed by atoms with Crippen molar-refractivity contribution in [2.24, 2.45) is 0 Å². The summed E-state index contributed by atoms with van der Waals surface area (Å²) in [5.74, 6) is -8.15. The summed E-state index contributed by atoms with van der Waals surface area (Å²) in [5, 5.41) is 21.4. The number of rotatable bonds is 3. The third kappa shape index (κ3) is 11.6. The molecule has 1 saturated heterocycles. The van der Waals surface area contributed by atoms with Crippen molar-refractivity contribution in [3.63, 3.8) is 0 Å². The van der Waals surface area contributed by atoms with E-state index in [1.807, 2.05) is 60.6 Å². The van der Waals surface area contributed by atoms with Crippen molar-refractivity contribution in [2.75, 3.05) is 24.5 Å². The molecule has 50 heavy (non-hydrogen) atoms. The summed E-state index contributed by atoms with van der Waals surface area (Å²) < 4.78 is 95.2. The molecule has 0 saturated carbocycles. The number of aliphatic carboxylic acids is 3. The molecule has 2 aliphatic rings. The molecule has 0 bridgehead atoms.